The van der Waals surface area contributed by atoms with Crippen LogP contribution in [0.4, 0.5) is 18.9 Å². The summed E-state index contributed by atoms with van der Waals surface area (Å²) in [7, 11) is 0. The summed E-state index contributed by atoms with van der Waals surface area (Å²) in [4.78, 5) is 4.75. The van der Waals surface area contributed by atoms with E-state index in [1.807, 2.05) is 36.6 Å². The van der Waals surface area contributed by atoms with Crippen molar-refractivity contribution in [2.24, 2.45) is 11.6 Å². The van der Waals surface area contributed by atoms with Gasteiger partial charge in [0.15, 0.2) is 5.69 Å². The van der Waals surface area contributed by atoms with E-state index >= 15 is 0 Å². The first-order valence-corrected chi connectivity index (χ1v) is 12.8. The standard InChI is InChI=1S/C27H22ClF3N6S/c1-16-35-26(27(29,30)31)15-36(16)23-9-7-18(17-4-3-5-21(11-17)38-2)12-24(23)37(34)25(14-33)19-6-8-22(28)20(10-19)13-32/h3-12,14-15H,33-34H2,1-2H3/b25-14-. The molecule has 0 saturated heterocycles. The number of aromatic nitrogens is 2. The van der Waals surface area contributed by atoms with Crippen molar-refractivity contribution < 1.29 is 13.2 Å². The van der Waals surface area contributed by atoms with Crippen molar-refractivity contribution in [1.29, 1.82) is 5.26 Å². The van der Waals surface area contributed by atoms with Crippen LogP contribution >= 0.6 is 23.4 Å². The number of imidazole rings is 1. The summed E-state index contributed by atoms with van der Waals surface area (Å²) in [5, 5.41) is 11.0. The van der Waals surface area contributed by atoms with Crippen LogP contribution in [0.1, 0.15) is 22.6 Å². The Bertz CT molecular complexity index is 1570. The van der Waals surface area contributed by atoms with Crippen LogP contribution < -0.4 is 16.6 Å². The number of thioether (sulfide) groups is 1. The summed E-state index contributed by atoms with van der Waals surface area (Å²) in [6, 6.07) is 19.9. The van der Waals surface area contributed by atoms with Crippen molar-refractivity contribution in [2.45, 2.75) is 18.0 Å². The monoisotopic (exact) mass is 554 g/mol. The average molecular weight is 555 g/mol. The lowest BCUT2D eigenvalue weighted by atomic mass is 10.0. The number of halogens is 4. The lowest BCUT2D eigenvalue weighted by molar-refractivity contribution is -0.141. The van der Waals surface area contributed by atoms with Gasteiger partial charge >= 0.3 is 6.18 Å². The molecule has 0 saturated carbocycles. The number of hydrogen-bond acceptors (Lipinski definition) is 6. The quantitative estimate of drug-likeness (QED) is 0.155. The van der Waals surface area contributed by atoms with Crippen LogP contribution in [0.5, 0.6) is 0 Å². The smallest absolute Gasteiger partial charge is 0.403 e. The first-order chi connectivity index (χ1) is 18.1. The third kappa shape index (κ3) is 5.36. The van der Waals surface area contributed by atoms with E-state index in [1.165, 1.54) is 28.8 Å². The number of hydrogen-bond donors (Lipinski definition) is 2. The Morgan fingerprint density at radius 1 is 1.13 bits per heavy atom. The minimum Gasteiger partial charge on any atom is -0.403 e. The molecule has 38 heavy (non-hydrogen) atoms. The second-order valence-corrected chi connectivity index (χ2v) is 9.49. The normalized spacial score (nSPS) is 11.9. The van der Waals surface area contributed by atoms with Gasteiger partial charge in [0.2, 0.25) is 0 Å². The lowest BCUT2D eigenvalue weighted by Crippen LogP contribution is -2.31. The Labute approximate surface area is 226 Å². The predicted molar refractivity (Wildman–Crippen MR) is 146 cm³/mol. The van der Waals surface area contributed by atoms with Gasteiger partial charge in [0.25, 0.3) is 0 Å². The van der Waals surface area contributed by atoms with E-state index in [1.54, 1.807) is 42.1 Å². The number of rotatable bonds is 6. The summed E-state index contributed by atoms with van der Waals surface area (Å²) >= 11 is 7.68. The number of nitrogens with two attached hydrogens (primary N) is 2. The molecule has 1 aromatic heterocycles. The van der Waals surface area contributed by atoms with Crippen LogP contribution in [0, 0.1) is 18.3 Å². The fourth-order valence-corrected chi connectivity index (χ4v) is 4.59. The minimum absolute atomic E-state index is 0.126. The number of aryl methyl sites for hydroxylation is 1. The number of anilines is 1. The van der Waals surface area contributed by atoms with E-state index < -0.39 is 11.9 Å². The average Bonchev–Trinajstić information content (AvgIpc) is 3.31. The third-order valence-electron chi connectivity index (χ3n) is 5.87. The molecule has 3 aromatic carbocycles. The number of alkyl halides is 3. The van der Waals surface area contributed by atoms with E-state index in [9.17, 15) is 18.4 Å². The maximum absolute atomic E-state index is 13.4. The molecule has 0 aliphatic rings. The largest absolute Gasteiger partial charge is 0.434 e. The van der Waals surface area contributed by atoms with E-state index in [0.29, 0.717) is 22.6 Å². The van der Waals surface area contributed by atoms with Gasteiger partial charge in [-0.1, -0.05) is 35.9 Å². The Morgan fingerprint density at radius 3 is 2.50 bits per heavy atom. The zero-order chi connectivity index (χ0) is 27.6. The molecule has 0 bridgehead atoms. The zero-order valence-electron chi connectivity index (χ0n) is 20.3. The van der Waals surface area contributed by atoms with Gasteiger partial charge in [-0.25, -0.2) is 10.8 Å². The van der Waals surface area contributed by atoms with Crippen molar-refractivity contribution in [2.75, 3.05) is 11.3 Å². The summed E-state index contributed by atoms with van der Waals surface area (Å²) < 4.78 is 41.7. The molecule has 0 spiro atoms. The van der Waals surface area contributed by atoms with E-state index in [4.69, 9.17) is 23.2 Å². The van der Waals surface area contributed by atoms with Crippen LogP contribution in [0.3, 0.4) is 0 Å². The third-order valence-corrected chi connectivity index (χ3v) is 6.93. The van der Waals surface area contributed by atoms with Gasteiger partial charge < -0.3 is 10.3 Å². The zero-order valence-corrected chi connectivity index (χ0v) is 21.9. The molecular formula is C27H22ClF3N6S. The number of nitriles is 1. The van der Waals surface area contributed by atoms with Gasteiger partial charge in [0.05, 0.1) is 27.7 Å². The molecule has 0 aliphatic carbocycles. The number of nitrogens with zero attached hydrogens (tertiary/aromatic N) is 4. The molecule has 0 amide bonds. The summed E-state index contributed by atoms with van der Waals surface area (Å²) in [5.41, 5.74) is 8.37. The molecule has 6 nitrogen and oxygen atoms in total. The second kappa shape index (κ2) is 10.8. The van der Waals surface area contributed by atoms with Gasteiger partial charge in [-0.15, -0.1) is 11.8 Å². The molecule has 4 N–H and O–H groups in total. The Hall–Kier alpha value is -3.91. The first kappa shape index (κ1) is 27.1. The molecule has 0 aliphatic heterocycles. The topological polar surface area (TPSA) is 96.9 Å². The summed E-state index contributed by atoms with van der Waals surface area (Å²) in [6.07, 6.45) is -0.458. The number of hydrazine groups is 1. The number of benzene rings is 3. The summed E-state index contributed by atoms with van der Waals surface area (Å²) in [5.74, 6) is 6.73. The lowest BCUT2D eigenvalue weighted by Gasteiger charge is -2.26. The predicted octanol–water partition coefficient (Wildman–Crippen LogP) is 6.75. The first-order valence-electron chi connectivity index (χ1n) is 11.2. The van der Waals surface area contributed by atoms with Gasteiger partial charge in [-0.05, 0) is 60.7 Å². The minimum atomic E-state index is -4.61. The van der Waals surface area contributed by atoms with Crippen LogP contribution in [-0.2, 0) is 6.18 Å². The highest BCUT2D eigenvalue weighted by Gasteiger charge is 2.35. The SMILES string of the molecule is CSc1cccc(-c2ccc(-n3cc(C(F)(F)F)nc3C)c(N(N)/C(=C\N)c3ccc(Cl)c(C#N)c3)c2)c1. The van der Waals surface area contributed by atoms with Gasteiger partial charge in [-0.3, -0.25) is 5.01 Å². The molecule has 1 heterocycles. The van der Waals surface area contributed by atoms with Crippen LogP contribution in [-0.4, -0.2) is 15.8 Å². The molecule has 0 fully saturated rings. The maximum Gasteiger partial charge on any atom is 0.434 e. The Balaban J connectivity index is 1.92. The van der Waals surface area contributed by atoms with Gasteiger partial charge in [0.1, 0.15) is 11.9 Å². The van der Waals surface area contributed by atoms with E-state index in [0.717, 1.165) is 22.2 Å². The van der Waals surface area contributed by atoms with Crippen LogP contribution in [0.2, 0.25) is 5.02 Å². The molecule has 11 heteroatoms. The van der Waals surface area contributed by atoms with Crippen molar-refractivity contribution in [3.05, 3.63) is 101 Å². The fourth-order valence-electron chi connectivity index (χ4n) is 3.97. The van der Waals surface area contributed by atoms with E-state index in [2.05, 4.69) is 4.98 Å². The maximum atomic E-state index is 13.4. The highest BCUT2D eigenvalue weighted by atomic mass is 35.5. The molecule has 0 radical (unpaired) electrons. The highest BCUT2D eigenvalue weighted by Crippen LogP contribution is 2.37. The van der Waals surface area contributed by atoms with Gasteiger partial charge in [-0.2, -0.15) is 18.4 Å². The fraction of sp³-hybridized carbons (Fsp3) is 0.111. The Morgan fingerprint density at radius 2 is 1.87 bits per heavy atom. The molecule has 0 atom stereocenters. The molecule has 4 aromatic rings. The van der Waals surface area contributed by atoms with Crippen molar-refractivity contribution in [3.8, 4) is 22.9 Å². The van der Waals surface area contributed by atoms with Crippen molar-refractivity contribution >= 4 is 34.7 Å². The highest BCUT2D eigenvalue weighted by molar-refractivity contribution is 7.98. The molecule has 0 unspecified atom stereocenters. The van der Waals surface area contributed by atoms with Gasteiger partial charge in [0, 0.05) is 22.9 Å². The van der Waals surface area contributed by atoms with Crippen LogP contribution in [0.15, 0.2) is 78.0 Å². The van der Waals surface area contributed by atoms with Crippen LogP contribution in [0.25, 0.3) is 22.5 Å². The van der Waals surface area contributed by atoms with Crippen molar-refractivity contribution in [3.63, 3.8) is 0 Å². The molecule has 4 rings (SSSR count). The second-order valence-electron chi connectivity index (χ2n) is 8.20. The van der Waals surface area contributed by atoms with E-state index in [-0.39, 0.29) is 16.4 Å². The van der Waals surface area contributed by atoms with Crippen molar-refractivity contribution in [1.82, 2.24) is 9.55 Å². The summed E-state index contributed by atoms with van der Waals surface area (Å²) in [6.45, 7) is 1.48. The molecular weight excluding hydrogens is 533 g/mol. The Kier molecular flexibility index (Phi) is 7.73. The molecule has 194 valence electrons.